The SMILES string of the molecule is COC(=O)[C@H](Cc1ccc([N+](=O)[O-])cc1)NC(=O)Nc1ccccc1S(=O)(=O)c1ccccc1. The number of amides is 2. The van der Waals surface area contributed by atoms with E-state index in [0.29, 0.717) is 5.56 Å². The van der Waals surface area contributed by atoms with Crippen LogP contribution in [0.25, 0.3) is 0 Å². The van der Waals surface area contributed by atoms with Crippen LogP contribution in [0.2, 0.25) is 0 Å². The Labute approximate surface area is 195 Å². The molecule has 0 heterocycles. The topological polar surface area (TPSA) is 145 Å². The summed E-state index contributed by atoms with van der Waals surface area (Å²) in [6.45, 7) is 0. The normalized spacial score (nSPS) is 11.8. The predicted molar refractivity (Wildman–Crippen MR) is 123 cm³/mol. The fourth-order valence-corrected chi connectivity index (χ4v) is 4.61. The van der Waals surface area contributed by atoms with Crippen molar-refractivity contribution in [2.45, 2.75) is 22.3 Å². The Hall–Kier alpha value is -4.25. The number of nitrogens with zero attached hydrogens (tertiary/aromatic N) is 1. The van der Waals surface area contributed by atoms with Crippen LogP contribution in [0.3, 0.4) is 0 Å². The van der Waals surface area contributed by atoms with Crippen molar-refractivity contribution >= 4 is 33.2 Å². The predicted octanol–water partition coefficient (Wildman–Crippen LogP) is 3.33. The number of para-hydroxylation sites is 1. The van der Waals surface area contributed by atoms with Gasteiger partial charge in [0.1, 0.15) is 6.04 Å². The van der Waals surface area contributed by atoms with Crippen molar-refractivity contribution in [1.82, 2.24) is 5.32 Å². The highest BCUT2D eigenvalue weighted by Crippen LogP contribution is 2.27. The van der Waals surface area contributed by atoms with Gasteiger partial charge in [0.2, 0.25) is 9.84 Å². The third-order valence-corrected chi connectivity index (χ3v) is 6.68. The van der Waals surface area contributed by atoms with Crippen molar-refractivity contribution in [2.24, 2.45) is 0 Å². The molecular weight excluding hydrogens is 462 g/mol. The Kier molecular flexibility index (Phi) is 7.59. The molecule has 2 amide bonds. The van der Waals surface area contributed by atoms with Gasteiger partial charge in [-0.3, -0.25) is 10.1 Å². The van der Waals surface area contributed by atoms with Gasteiger partial charge in [0.25, 0.3) is 5.69 Å². The van der Waals surface area contributed by atoms with Crippen LogP contribution in [0.4, 0.5) is 16.2 Å². The summed E-state index contributed by atoms with van der Waals surface area (Å²) in [7, 11) is -2.75. The summed E-state index contributed by atoms with van der Waals surface area (Å²) in [6, 6.07) is 17.2. The maximum absolute atomic E-state index is 13.0. The minimum Gasteiger partial charge on any atom is -0.467 e. The van der Waals surface area contributed by atoms with E-state index < -0.39 is 32.8 Å². The van der Waals surface area contributed by atoms with E-state index in [1.165, 1.54) is 54.6 Å². The van der Waals surface area contributed by atoms with Crippen LogP contribution in [0.15, 0.2) is 88.7 Å². The summed E-state index contributed by atoms with van der Waals surface area (Å²) < 4.78 is 30.8. The minimum absolute atomic E-state index is 0.00203. The highest BCUT2D eigenvalue weighted by molar-refractivity contribution is 7.91. The Morgan fingerprint density at radius 1 is 0.971 bits per heavy atom. The van der Waals surface area contributed by atoms with E-state index in [1.807, 2.05) is 0 Å². The molecule has 0 aliphatic carbocycles. The highest BCUT2D eigenvalue weighted by atomic mass is 32.2. The molecule has 0 fully saturated rings. The van der Waals surface area contributed by atoms with E-state index in [0.717, 1.165) is 7.11 Å². The van der Waals surface area contributed by atoms with Gasteiger partial charge in [-0.15, -0.1) is 0 Å². The molecule has 176 valence electrons. The summed E-state index contributed by atoms with van der Waals surface area (Å²) in [4.78, 5) is 35.1. The standard InChI is InChI=1S/C23H21N3O7S/c1-33-22(27)20(15-16-11-13-17(14-12-16)26(29)30)25-23(28)24-19-9-5-6-10-21(19)34(31,32)18-7-3-2-4-8-18/h2-14,20H,15H2,1H3,(H2,24,25,28)/t20-/m0/s1. The smallest absolute Gasteiger partial charge is 0.328 e. The molecule has 0 aliphatic rings. The van der Waals surface area contributed by atoms with Crippen molar-refractivity contribution in [1.29, 1.82) is 0 Å². The lowest BCUT2D eigenvalue weighted by Crippen LogP contribution is -2.45. The van der Waals surface area contributed by atoms with Gasteiger partial charge in [0, 0.05) is 18.6 Å². The van der Waals surface area contributed by atoms with Gasteiger partial charge in [-0.1, -0.05) is 42.5 Å². The number of nitro groups is 1. The molecule has 34 heavy (non-hydrogen) atoms. The Bertz CT molecular complexity index is 1290. The average molecular weight is 484 g/mol. The van der Waals surface area contributed by atoms with Gasteiger partial charge in [-0.25, -0.2) is 18.0 Å². The number of methoxy groups -OCH3 is 1. The summed E-state index contributed by atoms with van der Waals surface area (Å²) in [5.41, 5.74) is 0.469. The molecule has 0 saturated carbocycles. The number of carbonyl (C=O) groups excluding carboxylic acids is 2. The van der Waals surface area contributed by atoms with E-state index in [2.05, 4.69) is 10.6 Å². The number of anilines is 1. The zero-order valence-corrected chi connectivity index (χ0v) is 18.8. The molecular formula is C23H21N3O7S. The number of rotatable bonds is 8. The lowest BCUT2D eigenvalue weighted by Gasteiger charge is -2.18. The van der Waals surface area contributed by atoms with E-state index in [-0.39, 0.29) is 27.6 Å². The summed E-state index contributed by atoms with van der Waals surface area (Å²) >= 11 is 0. The van der Waals surface area contributed by atoms with Crippen molar-refractivity contribution in [3.05, 3.63) is 94.5 Å². The quantitative estimate of drug-likeness (QED) is 0.284. The summed E-state index contributed by atoms with van der Waals surface area (Å²) in [5.74, 6) is -0.737. The number of nitro benzene ring substituents is 1. The zero-order valence-electron chi connectivity index (χ0n) is 18.0. The van der Waals surface area contributed by atoms with E-state index in [9.17, 15) is 28.1 Å². The number of hydrogen-bond acceptors (Lipinski definition) is 7. The van der Waals surface area contributed by atoms with Crippen LogP contribution in [0.5, 0.6) is 0 Å². The molecule has 0 spiro atoms. The van der Waals surface area contributed by atoms with Crippen molar-refractivity contribution in [2.75, 3.05) is 12.4 Å². The van der Waals surface area contributed by atoms with Crippen LogP contribution in [0.1, 0.15) is 5.56 Å². The first-order valence-electron chi connectivity index (χ1n) is 10.00. The molecule has 0 aromatic heterocycles. The molecule has 11 heteroatoms. The Morgan fingerprint density at radius 2 is 1.59 bits per heavy atom. The number of ether oxygens (including phenoxy) is 1. The molecule has 3 aromatic carbocycles. The first-order chi connectivity index (χ1) is 16.2. The van der Waals surface area contributed by atoms with E-state index in [1.54, 1.807) is 24.3 Å². The van der Waals surface area contributed by atoms with E-state index in [4.69, 9.17) is 4.74 Å². The molecule has 0 bridgehead atoms. The average Bonchev–Trinajstić information content (AvgIpc) is 2.84. The maximum Gasteiger partial charge on any atom is 0.328 e. The number of hydrogen-bond donors (Lipinski definition) is 2. The van der Waals surface area contributed by atoms with Gasteiger partial charge in [0.05, 0.1) is 27.5 Å². The number of benzene rings is 3. The number of non-ortho nitro benzene ring substituents is 1. The highest BCUT2D eigenvalue weighted by Gasteiger charge is 2.25. The van der Waals surface area contributed by atoms with Crippen LogP contribution in [-0.2, 0) is 25.8 Å². The first kappa shape index (κ1) is 24.4. The summed E-state index contributed by atoms with van der Waals surface area (Å²) in [6.07, 6.45) is 0.00203. The number of urea groups is 1. The Morgan fingerprint density at radius 3 is 2.21 bits per heavy atom. The molecule has 1 atom stereocenters. The number of sulfone groups is 1. The van der Waals surface area contributed by atoms with Crippen molar-refractivity contribution in [3.63, 3.8) is 0 Å². The fraction of sp³-hybridized carbons (Fsp3) is 0.130. The van der Waals surface area contributed by atoms with Crippen LogP contribution in [0, 0.1) is 10.1 Å². The molecule has 0 radical (unpaired) electrons. The van der Waals surface area contributed by atoms with Crippen LogP contribution >= 0.6 is 0 Å². The lowest BCUT2D eigenvalue weighted by atomic mass is 10.1. The Balaban J connectivity index is 1.79. The molecule has 3 aromatic rings. The molecule has 3 rings (SSSR count). The van der Waals surface area contributed by atoms with Crippen molar-refractivity contribution < 1.29 is 27.7 Å². The van der Waals surface area contributed by atoms with Crippen molar-refractivity contribution in [3.8, 4) is 0 Å². The monoisotopic (exact) mass is 483 g/mol. The molecule has 0 saturated heterocycles. The molecule has 0 unspecified atom stereocenters. The lowest BCUT2D eigenvalue weighted by molar-refractivity contribution is -0.384. The third kappa shape index (κ3) is 5.75. The fourth-order valence-electron chi connectivity index (χ4n) is 3.17. The minimum atomic E-state index is -3.91. The van der Waals surface area contributed by atoms with E-state index >= 15 is 0 Å². The maximum atomic E-state index is 13.0. The second-order valence-electron chi connectivity index (χ2n) is 7.11. The largest absolute Gasteiger partial charge is 0.467 e. The van der Waals surface area contributed by atoms with Gasteiger partial charge < -0.3 is 15.4 Å². The zero-order chi connectivity index (χ0) is 24.7. The number of nitrogens with one attached hydrogen (secondary N) is 2. The summed E-state index contributed by atoms with van der Waals surface area (Å²) in [5, 5.41) is 15.8. The molecule has 0 aliphatic heterocycles. The van der Waals surface area contributed by atoms with Gasteiger partial charge in [-0.05, 0) is 29.8 Å². The van der Waals surface area contributed by atoms with Gasteiger partial charge >= 0.3 is 12.0 Å². The van der Waals surface area contributed by atoms with Gasteiger partial charge in [-0.2, -0.15) is 0 Å². The molecule has 10 nitrogen and oxygen atoms in total. The number of esters is 1. The second-order valence-corrected chi connectivity index (χ2v) is 9.03. The van der Waals surface area contributed by atoms with Crippen LogP contribution in [-0.4, -0.2) is 38.5 Å². The van der Waals surface area contributed by atoms with Gasteiger partial charge in [0.15, 0.2) is 0 Å². The number of carbonyl (C=O) groups is 2. The first-order valence-corrected chi connectivity index (χ1v) is 11.5. The molecule has 2 N–H and O–H groups in total. The second kappa shape index (κ2) is 10.6. The third-order valence-electron chi connectivity index (χ3n) is 4.86. The van der Waals surface area contributed by atoms with Crippen LogP contribution < -0.4 is 10.6 Å².